The first-order valence-corrected chi connectivity index (χ1v) is 9.90. The molecule has 2 N–H and O–H groups in total. The fourth-order valence-electron chi connectivity index (χ4n) is 3.17. The number of methoxy groups -OCH3 is 1. The van der Waals surface area contributed by atoms with Crippen molar-refractivity contribution in [2.75, 3.05) is 38.8 Å². The van der Waals surface area contributed by atoms with Crippen LogP contribution in [0.1, 0.15) is 36.0 Å². The smallest absolute Gasteiger partial charge is 0.411 e. The van der Waals surface area contributed by atoms with Gasteiger partial charge in [0.1, 0.15) is 6.61 Å². The van der Waals surface area contributed by atoms with E-state index in [4.69, 9.17) is 9.47 Å². The molecule has 0 aliphatic carbocycles. The predicted molar refractivity (Wildman–Crippen MR) is 109 cm³/mol. The van der Waals surface area contributed by atoms with Crippen LogP contribution in [-0.4, -0.2) is 67.5 Å². The molecule has 0 aromatic heterocycles. The maximum absolute atomic E-state index is 14.7. The number of aliphatic hydroxyl groups is 1. The van der Waals surface area contributed by atoms with Gasteiger partial charge < -0.3 is 24.2 Å². The SMILES string of the molecule is C=CCOC(=O)Nc1cc(OCCCC(=O)OC)c(F)cc1C(=O)N1CCC[C@H]1CO. The van der Waals surface area contributed by atoms with Gasteiger partial charge >= 0.3 is 12.1 Å². The van der Waals surface area contributed by atoms with Crippen LogP contribution in [0.5, 0.6) is 5.75 Å². The summed E-state index contributed by atoms with van der Waals surface area (Å²) in [7, 11) is 1.27. The highest BCUT2D eigenvalue weighted by atomic mass is 19.1. The minimum Gasteiger partial charge on any atom is -0.490 e. The third-order valence-electron chi connectivity index (χ3n) is 4.73. The number of carbonyl (C=O) groups is 3. The zero-order chi connectivity index (χ0) is 22.8. The second-order valence-electron chi connectivity index (χ2n) is 6.85. The second kappa shape index (κ2) is 11.9. The Balaban J connectivity index is 2.24. The second-order valence-corrected chi connectivity index (χ2v) is 6.85. The van der Waals surface area contributed by atoms with E-state index in [1.165, 1.54) is 24.2 Å². The number of ether oxygens (including phenoxy) is 3. The molecule has 1 aliphatic heterocycles. The minimum absolute atomic E-state index is 0.00650. The quantitative estimate of drug-likeness (QED) is 0.328. The van der Waals surface area contributed by atoms with Crippen molar-refractivity contribution in [3.05, 3.63) is 36.2 Å². The van der Waals surface area contributed by atoms with E-state index in [0.717, 1.165) is 6.07 Å². The first kappa shape index (κ1) is 24.1. The summed E-state index contributed by atoms with van der Waals surface area (Å²) in [5.41, 5.74) is -0.0812. The highest BCUT2D eigenvalue weighted by molar-refractivity contribution is 6.03. The van der Waals surface area contributed by atoms with Crippen molar-refractivity contribution in [1.29, 1.82) is 0 Å². The molecule has 1 aromatic carbocycles. The number of rotatable bonds is 10. The molecule has 1 aliphatic rings. The van der Waals surface area contributed by atoms with Gasteiger partial charge in [0, 0.05) is 19.0 Å². The number of hydrogen-bond acceptors (Lipinski definition) is 7. The number of hydrogen-bond donors (Lipinski definition) is 2. The van der Waals surface area contributed by atoms with Gasteiger partial charge in [-0.1, -0.05) is 12.7 Å². The fourth-order valence-corrected chi connectivity index (χ4v) is 3.17. The van der Waals surface area contributed by atoms with Crippen LogP contribution >= 0.6 is 0 Å². The molecule has 170 valence electrons. The van der Waals surface area contributed by atoms with Crippen molar-refractivity contribution in [3.8, 4) is 5.75 Å². The average Bonchev–Trinajstić information content (AvgIpc) is 3.25. The first-order chi connectivity index (χ1) is 14.9. The van der Waals surface area contributed by atoms with E-state index in [1.807, 2.05) is 0 Å². The van der Waals surface area contributed by atoms with E-state index in [9.17, 15) is 23.9 Å². The van der Waals surface area contributed by atoms with Crippen LogP contribution in [0.3, 0.4) is 0 Å². The summed E-state index contributed by atoms with van der Waals surface area (Å²) in [4.78, 5) is 37.7. The number of amides is 2. The molecule has 1 saturated heterocycles. The summed E-state index contributed by atoms with van der Waals surface area (Å²) in [6.45, 7) is 3.63. The number of esters is 1. The number of carbonyl (C=O) groups excluding carboxylic acids is 3. The van der Waals surface area contributed by atoms with Crippen LogP contribution in [0.15, 0.2) is 24.8 Å². The van der Waals surface area contributed by atoms with Crippen LogP contribution < -0.4 is 10.1 Å². The van der Waals surface area contributed by atoms with E-state index in [1.54, 1.807) is 0 Å². The monoisotopic (exact) mass is 438 g/mol. The Hall–Kier alpha value is -3.14. The number of benzene rings is 1. The fraction of sp³-hybridized carbons (Fsp3) is 0.476. The van der Waals surface area contributed by atoms with Gasteiger partial charge in [-0.2, -0.15) is 0 Å². The number of halogens is 1. The Morgan fingerprint density at radius 2 is 2.16 bits per heavy atom. The largest absolute Gasteiger partial charge is 0.490 e. The van der Waals surface area contributed by atoms with Gasteiger partial charge in [-0.05, 0) is 25.3 Å². The predicted octanol–water partition coefficient (Wildman–Crippen LogP) is 2.49. The first-order valence-electron chi connectivity index (χ1n) is 9.90. The van der Waals surface area contributed by atoms with E-state index >= 15 is 0 Å². The lowest BCUT2D eigenvalue weighted by atomic mass is 10.1. The maximum atomic E-state index is 14.7. The molecule has 1 atom stereocenters. The summed E-state index contributed by atoms with van der Waals surface area (Å²) in [6, 6.07) is 1.80. The molecule has 0 saturated carbocycles. The molecular weight excluding hydrogens is 411 g/mol. The minimum atomic E-state index is -0.850. The average molecular weight is 438 g/mol. The molecule has 0 radical (unpaired) electrons. The molecule has 31 heavy (non-hydrogen) atoms. The van der Waals surface area contributed by atoms with Gasteiger partial charge in [-0.15, -0.1) is 0 Å². The topological polar surface area (TPSA) is 114 Å². The van der Waals surface area contributed by atoms with Crippen LogP contribution in [-0.2, 0) is 14.3 Å². The molecule has 1 aromatic rings. The molecule has 0 spiro atoms. The van der Waals surface area contributed by atoms with Crippen LogP contribution in [0.4, 0.5) is 14.9 Å². The summed E-state index contributed by atoms with van der Waals surface area (Å²) in [5, 5.41) is 11.9. The Morgan fingerprint density at radius 3 is 2.84 bits per heavy atom. The Bertz CT molecular complexity index is 815. The molecule has 2 amide bonds. The zero-order valence-electron chi connectivity index (χ0n) is 17.4. The van der Waals surface area contributed by atoms with Gasteiger partial charge in [-0.25, -0.2) is 9.18 Å². The van der Waals surface area contributed by atoms with Crippen molar-refractivity contribution in [3.63, 3.8) is 0 Å². The third-order valence-corrected chi connectivity index (χ3v) is 4.73. The molecule has 1 fully saturated rings. The zero-order valence-corrected chi connectivity index (χ0v) is 17.4. The van der Waals surface area contributed by atoms with Crippen molar-refractivity contribution >= 4 is 23.7 Å². The van der Waals surface area contributed by atoms with Crippen molar-refractivity contribution in [2.24, 2.45) is 0 Å². The van der Waals surface area contributed by atoms with Crippen LogP contribution in [0.2, 0.25) is 0 Å². The van der Waals surface area contributed by atoms with Crippen LogP contribution in [0, 0.1) is 5.82 Å². The summed E-state index contributed by atoms with van der Waals surface area (Å²) >= 11 is 0. The number of aliphatic hydroxyl groups excluding tert-OH is 1. The highest BCUT2D eigenvalue weighted by Gasteiger charge is 2.31. The lowest BCUT2D eigenvalue weighted by Gasteiger charge is -2.24. The number of likely N-dealkylation sites (tertiary alicyclic amines) is 1. The molecule has 1 heterocycles. The third kappa shape index (κ3) is 6.68. The van der Waals surface area contributed by atoms with Gasteiger partial charge in [0.15, 0.2) is 11.6 Å². The molecule has 0 unspecified atom stereocenters. The lowest BCUT2D eigenvalue weighted by molar-refractivity contribution is -0.140. The van der Waals surface area contributed by atoms with Gasteiger partial charge in [-0.3, -0.25) is 14.9 Å². The highest BCUT2D eigenvalue weighted by Crippen LogP contribution is 2.30. The van der Waals surface area contributed by atoms with E-state index in [2.05, 4.69) is 16.6 Å². The van der Waals surface area contributed by atoms with Crippen LogP contribution in [0.25, 0.3) is 0 Å². The van der Waals surface area contributed by atoms with E-state index < -0.39 is 23.8 Å². The Morgan fingerprint density at radius 1 is 1.39 bits per heavy atom. The number of anilines is 1. The van der Waals surface area contributed by atoms with Gasteiger partial charge in [0.2, 0.25) is 0 Å². The number of nitrogens with one attached hydrogen (secondary N) is 1. The molecule has 10 heteroatoms. The molecule has 9 nitrogen and oxygen atoms in total. The van der Waals surface area contributed by atoms with Crippen molar-refractivity contribution < 1.29 is 38.1 Å². The Kier molecular flexibility index (Phi) is 9.26. The van der Waals surface area contributed by atoms with E-state index in [0.29, 0.717) is 25.8 Å². The molecule has 2 rings (SSSR count). The summed E-state index contributed by atoms with van der Waals surface area (Å²) in [5.74, 6) is -1.93. The summed E-state index contributed by atoms with van der Waals surface area (Å²) in [6.07, 6.45) is 2.27. The molecular formula is C21H27FN2O7. The van der Waals surface area contributed by atoms with Gasteiger partial charge in [0.25, 0.3) is 5.91 Å². The van der Waals surface area contributed by atoms with E-state index in [-0.39, 0.29) is 49.3 Å². The standard InChI is InChI=1S/C21H27FN2O7/c1-3-9-31-21(28)23-17-12-18(30-10-5-7-19(26)29-2)16(22)11-15(17)20(27)24-8-4-6-14(24)13-25/h3,11-12,14,25H,1,4-10,13H2,2H3,(H,23,28)/t14-/m0/s1. The lowest BCUT2D eigenvalue weighted by Crippen LogP contribution is -2.38. The maximum Gasteiger partial charge on any atom is 0.411 e. The van der Waals surface area contributed by atoms with Gasteiger partial charge in [0.05, 0.1) is 37.6 Å². The Labute approximate surface area is 179 Å². The summed E-state index contributed by atoms with van der Waals surface area (Å²) < 4.78 is 29.5. The normalized spacial score (nSPS) is 15.3. The van der Waals surface area contributed by atoms with Crippen molar-refractivity contribution in [1.82, 2.24) is 4.90 Å². The van der Waals surface area contributed by atoms with Crippen molar-refractivity contribution in [2.45, 2.75) is 31.7 Å². The number of nitrogens with zero attached hydrogens (tertiary/aromatic N) is 1. The molecule has 0 bridgehead atoms.